The second-order valence-corrected chi connectivity index (χ2v) is 4.89. The maximum atomic E-state index is 12.1. The number of benzene rings is 1. The van der Waals surface area contributed by atoms with Crippen LogP contribution in [0, 0.1) is 0 Å². The number of para-hydroxylation sites is 1. The van der Waals surface area contributed by atoms with Gasteiger partial charge in [0.05, 0.1) is 26.2 Å². The van der Waals surface area contributed by atoms with Crippen LogP contribution in [-0.2, 0) is 14.3 Å². The number of esters is 1. The molecule has 1 fully saturated rings. The van der Waals surface area contributed by atoms with Gasteiger partial charge in [-0.2, -0.15) is 0 Å². The van der Waals surface area contributed by atoms with Crippen LogP contribution in [0.2, 0.25) is 0 Å². The van der Waals surface area contributed by atoms with Crippen molar-refractivity contribution in [3.8, 4) is 5.75 Å². The molecule has 0 saturated carbocycles. The van der Waals surface area contributed by atoms with Gasteiger partial charge in [-0.25, -0.2) is 4.79 Å². The lowest BCUT2D eigenvalue weighted by molar-refractivity contribution is -0.151. The van der Waals surface area contributed by atoms with E-state index >= 15 is 0 Å². The van der Waals surface area contributed by atoms with Crippen molar-refractivity contribution in [1.82, 2.24) is 4.90 Å². The minimum Gasteiger partial charge on any atom is -0.493 e. The molecule has 1 amide bonds. The smallest absolute Gasteiger partial charge is 0.328 e. The highest BCUT2D eigenvalue weighted by Gasteiger charge is 2.39. The van der Waals surface area contributed by atoms with Crippen molar-refractivity contribution in [2.75, 3.05) is 20.3 Å². The molecule has 2 atom stereocenters. The summed E-state index contributed by atoms with van der Waals surface area (Å²) in [5.74, 6) is -0.0296. The first-order valence-corrected chi connectivity index (χ1v) is 6.85. The van der Waals surface area contributed by atoms with Gasteiger partial charge in [-0.05, 0) is 12.1 Å². The van der Waals surface area contributed by atoms with Crippen LogP contribution in [0.4, 0.5) is 0 Å². The molecule has 21 heavy (non-hydrogen) atoms. The van der Waals surface area contributed by atoms with Gasteiger partial charge in [0, 0.05) is 13.0 Å². The van der Waals surface area contributed by atoms with Crippen LogP contribution < -0.4 is 4.74 Å². The SMILES string of the molecule is COC(=O)C1CC(O)CN1C(=O)CCOc1ccccc1. The first-order chi connectivity index (χ1) is 10.1. The number of aliphatic hydroxyl groups excluding tert-OH is 1. The van der Waals surface area contributed by atoms with E-state index in [1.165, 1.54) is 12.0 Å². The van der Waals surface area contributed by atoms with E-state index in [1.807, 2.05) is 18.2 Å². The molecule has 1 aliphatic heterocycles. The van der Waals surface area contributed by atoms with Gasteiger partial charge >= 0.3 is 5.97 Å². The van der Waals surface area contributed by atoms with Crippen LogP contribution in [0.15, 0.2) is 30.3 Å². The van der Waals surface area contributed by atoms with Gasteiger partial charge in [-0.1, -0.05) is 18.2 Å². The molecule has 114 valence electrons. The lowest BCUT2D eigenvalue weighted by atomic mass is 10.2. The lowest BCUT2D eigenvalue weighted by Gasteiger charge is -2.22. The average molecular weight is 293 g/mol. The number of rotatable bonds is 5. The van der Waals surface area contributed by atoms with Gasteiger partial charge in [0.1, 0.15) is 11.8 Å². The molecule has 1 aliphatic rings. The van der Waals surface area contributed by atoms with Crippen LogP contribution in [0.5, 0.6) is 5.75 Å². The van der Waals surface area contributed by atoms with Crippen molar-refractivity contribution in [3.05, 3.63) is 30.3 Å². The maximum absolute atomic E-state index is 12.1. The Bertz CT molecular complexity index is 490. The van der Waals surface area contributed by atoms with Crippen molar-refractivity contribution in [1.29, 1.82) is 0 Å². The van der Waals surface area contributed by atoms with Gasteiger partial charge in [-0.15, -0.1) is 0 Å². The number of carbonyl (C=O) groups is 2. The molecule has 2 rings (SSSR count). The maximum Gasteiger partial charge on any atom is 0.328 e. The van der Waals surface area contributed by atoms with E-state index in [-0.39, 0.29) is 31.9 Å². The number of aliphatic hydroxyl groups is 1. The Morgan fingerprint density at radius 3 is 2.71 bits per heavy atom. The largest absolute Gasteiger partial charge is 0.493 e. The normalized spacial score (nSPS) is 21.1. The molecule has 0 aliphatic carbocycles. The third kappa shape index (κ3) is 3.95. The van der Waals surface area contributed by atoms with Gasteiger partial charge in [0.15, 0.2) is 0 Å². The van der Waals surface area contributed by atoms with Crippen LogP contribution in [0.25, 0.3) is 0 Å². The number of ether oxygens (including phenoxy) is 2. The summed E-state index contributed by atoms with van der Waals surface area (Å²) in [5, 5.41) is 9.63. The molecule has 1 aromatic carbocycles. The molecule has 6 nitrogen and oxygen atoms in total. The molecule has 1 heterocycles. The van der Waals surface area contributed by atoms with E-state index in [1.54, 1.807) is 12.1 Å². The Balaban J connectivity index is 1.85. The molecule has 1 aromatic rings. The van der Waals surface area contributed by atoms with Gasteiger partial charge < -0.3 is 19.5 Å². The molecular formula is C15H19NO5. The zero-order chi connectivity index (χ0) is 15.2. The second-order valence-electron chi connectivity index (χ2n) is 4.89. The number of carbonyl (C=O) groups excluding carboxylic acids is 2. The zero-order valence-electron chi connectivity index (χ0n) is 11.9. The molecule has 2 unspecified atom stereocenters. The first-order valence-electron chi connectivity index (χ1n) is 6.85. The van der Waals surface area contributed by atoms with Crippen LogP contribution in [0.3, 0.4) is 0 Å². The van der Waals surface area contributed by atoms with Crippen molar-refractivity contribution in [3.63, 3.8) is 0 Å². The van der Waals surface area contributed by atoms with Crippen LogP contribution >= 0.6 is 0 Å². The highest BCUT2D eigenvalue weighted by Crippen LogP contribution is 2.20. The minimum atomic E-state index is -0.700. The number of likely N-dealkylation sites (tertiary alicyclic amines) is 1. The molecule has 0 radical (unpaired) electrons. The Hall–Kier alpha value is -2.08. The first kappa shape index (κ1) is 15.3. The fourth-order valence-electron chi connectivity index (χ4n) is 2.37. The van der Waals surface area contributed by atoms with E-state index in [4.69, 9.17) is 4.74 Å². The number of β-amino-alcohol motifs (C(OH)–C–C–N with tert-alkyl or cyclic N) is 1. The quantitative estimate of drug-likeness (QED) is 0.804. The number of methoxy groups -OCH3 is 1. The summed E-state index contributed by atoms with van der Waals surface area (Å²) in [6, 6.07) is 8.49. The minimum absolute atomic E-state index is 0.148. The van der Waals surface area contributed by atoms with Gasteiger partial charge in [-0.3, -0.25) is 4.79 Å². The molecular weight excluding hydrogens is 274 g/mol. The van der Waals surface area contributed by atoms with E-state index in [9.17, 15) is 14.7 Å². The number of hydrogen-bond donors (Lipinski definition) is 1. The molecule has 0 bridgehead atoms. The monoisotopic (exact) mass is 293 g/mol. The van der Waals surface area contributed by atoms with Crippen LogP contribution in [-0.4, -0.2) is 54.3 Å². The number of nitrogens with zero attached hydrogens (tertiary/aromatic N) is 1. The van der Waals surface area contributed by atoms with E-state index in [0.29, 0.717) is 5.75 Å². The highest BCUT2D eigenvalue weighted by molar-refractivity contribution is 5.85. The highest BCUT2D eigenvalue weighted by atomic mass is 16.5. The fourth-order valence-corrected chi connectivity index (χ4v) is 2.37. The van der Waals surface area contributed by atoms with E-state index in [2.05, 4.69) is 4.74 Å². The molecule has 0 spiro atoms. The lowest BCUT2D eigenvalue weighted by Crippen LogP contribution is -2.41. The summed E-state index contributed by atoms with van der Waals surface area (Å²) >= 11 is 0. The van der Waals surface area contributed by atoms with Crippen LogP contribution in [0.1, 0.15) is 12.8 Å². The number of amides is 1. The Morgan fingerprint density at radius 2 is 2.05 bits per heavy atom. The average Bonchev–Trinajstić information content (AvgIpc) is 2.89. The van der Waals surface area contributed by atoms with Gasteiger partial charge in [0.25, 0.3) is 0 Å². The van der Waals surface area contributed by atoms with Crippen molar-refractivity contribution >= 4 is 11.9 Å². The predicted octanol–water partition coefficient (Wildman–Crippen LogP) is 0.590. The standard InChI is InChI=1S/C15H19NO5/c1-20-15(19)13-9-11(17)10-16(13)14(18)7-8-21-12-5-3-2-4-6-12/h2-6,11,13,17H,7-10H2,1H3. The molecule has 1 N–H and O–H groups in total. The zero-order valence-corrected chi connectivity index (χ0v) is 11.9. The molecule has 0 aromatic heterocycles. The fraction of sp³-hybridized carbons (Fsp3) is 0.467. The van der Waals surface area contributed by atoms with E-state index < -0.39 is 18.1 Å². The second kappa shape index (κ2) is 7.08. The van der Waals surface area contributed by atoms with Crippen molar-refractivity contribution < 1.29 is 24.2 Å². The van der Waals surface area contributed by atoms with Gasteiger partial charge in [0.2, 0.25) is 5.91 Å². The molecule has 1 saturated heterocycles. The Kier molecular flexibility index (Phi) is 5.16. The Labute approximate surface area is 123 Å². The summed E-state index contributed by atoms with van der Waals surface area (Å²) in [6.07, 6.45) is -0.319. The summed E-state index contributed by atoms with van der Waals surface area (Å²) in [6.45, 7) is 0.382. The summed E-state index contributed by atoms with van der Waals surface area (Å²) in [7, 11) is 1.27. The predicted molar refractivity (Wildman–Crippen MR) is 74.7 cm³/mol. The van der Waals surface area contributed by atoms with E-state index in [0.717, 1.165) is 0 Å². The Morgan fingerprint density at radius 1 is 1.33 bits per heavy atom. The third-order valence-electron chi connectivity index (χ3n) is 3.40. The summed E-state index contributed by atoms with van der Waals surface area (Å²) in [4.78, 5) is 25.1. The molecule has 6 heteroatoms. The van der Waals surface area contributed by atoms with Crippen molar-refractivity contribution in [2.24, 2.45) is 0 Å². The van der Waals surface area contributed by atoms with Crippen molar-refractivity contribution in [2.45, 2.75) is 25.0 Å². The summed E-state index contributed by atoms with van der Waals surface area (Å²) < 4.78 is 10.1. The summed E-state index contributed by atoms with van der Waals surface area (Å²) in [5.41, 5.74) is 0. The third-order valence-corrected chi connectivity index (χ3v) is 3.40. The number of hydrogen-bond acceptors (Lipinski definition) is 5. The topological polar surface area (TPSA) is 76.1 Å².